The minimum absolute atomic E-state index is 0.0248. The molecule has 1 N–H and O–H groups in total. The van der Waals surface area contributed by atoms with Crippen LogP contribution in [0.5, 0.6) is 0 Å². The molecule has 34 heavy (non-hydrogen) atoms. The summed E-state index contributed by atoms with van der Waals surface area (Å²) in [6.07, 6.45) is 1.25. The first-order valence-corrected chi connectivity index (χ1v) is 13.3. The molecule has 0 saturated carbocycles. The van der Waals surface area contributed by atoms with Crippen LogP contribution in [0.4, 0.5) is 10.2 Å². The number of rotatable bonds is 9. The van der Waals surface area contributed by atoms with Crippen LogP contribution in [0.3, 0.4) is 0 Å². The summed E-state index contributed by atoms with van der Waals surface area (Å²) < 4.78 is 40.3. The van der Waals surface area contributed by atoms with Gasteiger partial charge in [-0.25, -0.2) is 22.8 Å². The summed E-state index contributed by atoms with van der Waals surface area (Å²) in [5.74, 6) is 0.0899. The third-order valence-corrected chi connectivity index (χ3v) is 7.66. The van der Waals surface area contributed by atoms with Crippen molar-refractivity contribution in [1.82, 2.24) is 14.5 Å². The van der Waals surface area contributed by atoms with Gasteiger partial charge < -0.3 is 5.32 Å². The topological polar surface area (TPSA) is 93.9 Å². The molecule has 10 heteroatoms. The molecule has 0 amide bonds. The first-order valence-electron chi connectivity index (χ1n) is 11.3. The Morgan fingerprint density at radius 3 is 2.32 bits per heavy atom. The molecule has 0 aliphatic carbocycles. The van der Waals surface area contributed by atoms with Crippen LogP contribution in [0.1, 0.15) is 51.3 Å². The van der Waals surface area contributed by atoms with Gasteiger partial charge in [0.05, 0.1) is 17.2 Å². The number of anilines is 1. The Morgan fingerprint density at radius 1 is 1.06 bits per heavy atom. The Kier molecular flexibility index (Phi) is 7.67. The minimum atomic E-state index is -3.32. The van der Waals surface area contributed by atoms with Crippen molar-refractivity contribution < 1.29 is 12.8 Å². The van der Waals surface area contributed by atoms with Crippen LogP contribution in [0.25, 0.3) is 11.2 Å². The second-order valence-corrected chi connectivity index (χ2v) is 11.4. The molecule has 3 rings (SSSR count). The van der Waals surface area contributed by atoms with E-state index in [0.717, 1.165) is 16.7 Å². The lowest BCUT2D eigenvalue weighted by molar-refractivity contribution is 0.186. The zero-order chi connectivity index (χ0) is 25.3. The standard InChI is InChI=1S/C24H30ClFN4O3S/c1-6-15-11-18(34(32,33)8-3)10-9-17(15)13-27-21-23(31)30(14-24(4,5)26)22-19(28-21)12-16(7-2)20(25)29-22/h9-12H,6-8,13-14H2,1-5H3,(H,27,28). The number of hydrogen-bond donors (Lipinski definition) is 1. The average Bonchev–Trinajstić information content (AvgIpc) is 2.79. The molecule has 7 nitrogen and oxygen atoms in total. The normalized spacial score (nSPS) is 12.3. The molecule has 1 aromatic carbocycles. The van der Waals surface area contributed by atoms with E-state index in [1.807, 2.05) is 13.8 Å². The van der Waals surface area contributed by atoms with Crippen molar-refractivity contribution >= 4 is 38.4 Å². The van der Waals surface area contributed by atoms with Gasteiger partial charge in [-0.3, -0.25) is 9.36 Å². The number of benzene rings is 1. The molecule has 3 aromatic rings. The Balaban J connectivity index is 2.06. The zero-order valence-electron chi connectivity index (χ0n) is 20.1. The highest BCUT2D eigenvalue weighted by Gasteiger charge is 2.22. The molecule has 2 aromatic heterocycles. The quantitative estimate of drug-likeness (QED) is 0.420. The molecule has 0 unspecified atom stereocenters. The summed E-state index contributed by atoms with van der Waals surface area (Å²) in [6, 6.07) is 6.76. The van der Waals surface area contributed by atoms with E-state index in [-0.39, 0.29) is 40.4 Å². The lowest BCUT2D eigenvalue weighted by Gasteiger charge is -2.19. The average molecular weight is 509 g/mol. The van der Waals surface area contributed by atoms with Crippen LogP contribution in [-0.4, -0.2) is 34.4 Å². The van der Waals surface area contributed by atoms with E-state index in [1.165, 1.54) is 18.4 Å². The van der Waals surface area contributed by atoms with Gasteiger partial charge in [-0.15, -0.1) is 0 Å². The minimum Gasteiger partial charge on any atom is -0.361 e. The highest BCUT2D eigenvalue weighted by Crippen LogP contribution is 2.23. The summed E-state index contributed by atoms with van der Waals surface area (Å²) in [5, 5.41) is 3.33. The van der Waals surface area contributed by atoms with Crippen molar-refractivity contribution in [2.45, 2.75) is 71.1 Å². The van der Waals surface area contributed by atoms with Crippen molar-refractivity contribution in [1.29, 1.82) is 0 Å². The Morgan fingerprint density at radius 2 is 1.74 bits per heavy atom. The first kappa shape index (κ1) is 26.1. The predicted molar refractivity (Wildman–Crippen MR) is 134 cm³/mol. The fourth-order valence-electron chi connectivity index (χ4n) is 3.71. The van der Waals surface area contributed by atoms with E-state index in [1.54, 1.807) is 31.2 Å². The second-order valence-electron chi connectivity index (χ2n) is 8.75. The number of nitrogens with one attached hydrogen (secondary N) is 1. The maximum absolute atomic E-state index is 14.6. The lowest BCUT2D eigenvalue weighted by atomic mass is 10.1. The number of halogens is 2. The summed E-state index contributed by atoms with van der Waals surface area (Å²) in [6.45, 7) is 8.30. The maximum Gasteiger partial charge on any atom is 0.295 e. The highest BCUT2D eigenvalue weighted by atomic mass is 35.5. The molecular formula is C24H30ClFN4O3S. The monoisotopic (exact) mass is 508 g/mol. The molecule has 0 fully saturated rings. The van der Waals surface area contributed by atoms with Crippen LogP contribution in [-0.2, 0) is 35.8 Å². The molecule has 0 atom stereocenters. The second kappa shape index (κ2) is 10.00. The fraction of sp³-hybridized carbons (Fsp3) is 0.458. The van der Waals surface area contributed by atoms with Gasteiger partial charge in [0.2, 0.25) is 0 Å². The Hall–Kier alpha value is -2.52. The van der Waals surface area contributed by atoms with Gasteiger partial charge in [0.1, 0.15) is 16.3 Å². The number of aryl methyl sites for hydroxylation is 2. The van der Waals surface area contributed by atoms with Crippen molar-refractivity contribution in [3.63, 3.8) is 0 Å². The van der Waals surface area contributed by atoms with E-state index in [9.17, 15) is 17.6 Å². The molecule has 0 bridgehead atoms. The predicted octanol–water partition coefficient (Wildman–Crippen LogP) is 4.72. The van der Waals surface area contributed by atoms with Gasteiger partial charge in [0, 0.05) is 6.54 Å². The summed E-state index contributed by atoms with van der Waals surface area (Å²) in [5.41, 5.74) is 0.977. The van der Waals surface area contributed by atoms with Crippen LogP contribution in [0, 0.1) is 0 Å². The van der Waals surface area contributed by atoms with Gasteiger partial charge >= 0.3 is 0 Å². The van der Waals surface area contributed by atoms with Crippen LogP contribution >= 0.6 is 11.6 Å². The number of sulfone groups is 1. The summed E-state index contributed by atoms with van der Waals surface area (Å²) in [7, 11) is -3.32. The molecule has 184 valence electrons. The van der Waals surface area contributed by atoms with Crippen molar-refractivity contribution in [2.24, 2.45) is 0 Å². The lowest BCUT2D eigenvalue weighted by Crippen LogP contribution is -2.32. The van der Waals surface area contributed by atoms with Gasteiger partial charge in [0.15, 0.2) is 21.3 Å². The van der Waals surface area contributed by atoms with E-state index in [2.05, 4.69) is 15.3 Å². The van der Waals surface area contributed by atoms with Crippen molar-refractivity contribution in [3.8, 4) is 0 Å². The number of fused-ring (bicyclic) bond motifs is 1. The fourth-order valence-corrected chi connectivity index (χ4v) is 4.91. The van der Waals surface area contributed by atoms with Crippen LogP contribution < -0.4 is 10.9 Å². The zero-order valence-corrected chi connectivity index (χ0v) is 21.6. The van der Waals surface area contributed by atoms with Gasteiger partial charge in [-0.2, -0.15) is 0 Å². The number of nitrogens with zero attached hydrogens (tertiary/aromatic N) is 3. The molecular weight excluding hydrogens is 479 g/mol. The van der Waals surface area contributed by atoms with E-state index >= 15 is 0 Å². The largest absolute Gasteiger partial charge is 0.361 e. The molecule has 0 spiro atoms. The summed E-state index contributed by atoms with van der Waals surface area (Å²) in [4.78, 5) is 22.3. The van der Waals surface area contributed by atoms with Gasteiger partial charge in [0.25, 0.3) is 5.56 Å². The maximum atomic E-state index is 14.6. The molecule has 0 saturated heterocycles. The van der Waals surface area contributed by atoms with Crippen molar-refractivity contribution in [3.05, 3.63) is 56.5 Å². The third kappa shape index (κ3) is 5.58. The summed E-state index contributed by atoms with van der Waals surface area (Å²) >= 11 is 6.26. The van der Waals surface area contributed by atoms with Crippen molar-refractivity contribution in [2.75, 3.05) is 11.1 Å². The SMILES string of the molecule is CCc1cc(S(=O)(=O)CC)ccc1CNc1nc2cc(CC)c(Cl)nc2n(CC(C)(C)F)c1=O. The third-order valence-electron chi connectivity index (χ3n) is 5.60. The van der Waals surface area contributed by atoms with E-state index < -0.39 is 21.1 Å². The van der Waals surface area contributed by atoms with E-state index in [0.29, 0.717) is 18.4 Å². The molecule has 2 heterocycles. The van der Waals surface area contributed by atoms with Gasteiger partial charge in [-0.05, 0) is 61.6 Å². The number of alkyl halides is 1. The van der Waals surface area contributed by atoms with E-state index in [4.69, 9.17) is 11.6 Å². The first-order chi connectivity index (χ1) is 15.9. The number of pyridine rings is 1. The Bertz CT molecular complexity index is 1380. The Labute approximate surface area is 204 Å². The van der Waals surface area contributed by atoms with Crippen LogP contribution in [0.15, 0.2) is 34.0 Å². The van der Waals surface area contributed by atoms with Crippen LogP contribution in [0.2, 0.25) is 5.15 Å². The molecule has 0 aliphatic rings. The highest BCUT2D eigenvalue weighted by molar-refractivity contribution is 7.91. The smallest absolute Gasteiger partial charge is 0.295 e. The molecule has 0 aliphatic heterocycles. The number of aromatic nitrogens is 3. The van der Waals surface area contributed by atoms with Gasteiger partial charge in [-0.1, -0.05) is 38.4 Å². The molecule has 0 radical (unpaired) electrons. The number of hydrogen-bond acceptors (Lipinski definition) is 6.